The zero-order valence-corrected chi connectivity index (χ0v) is 14.9. The van der Waals surface area contributed by atoms with E-state index in [-0.39, 0.29) is 11.8 Å². The zero-order valence-electron chi connectivity index (χ0n) is 14.9. The van der Waals surface area contributed by atoms with Crippen molar-refractivity contribution in [2.45, 2.75) is 58.4 Å². The fourth-order valence-corrected chi connectivity index (χ4v) is 2.89. The first-order valence-corrected chi connectivity index (χ1v) is 8.63. The molecule has 1 aliphatic rings. The number of carboxylic acids is 1. The lowest BCUT2D eigenvalue weighted by Crippen LogP contribution is -2.44. The number of hydrogen-bond acceptors (Lipinski definition) is 5. The molecule has 0 spiro atoms. The van der Waals surface area contributed by atoms with Crippen LogP contribution in [0.15, 0.2) is 10.6 Å². The first-order chi connectivity index (χ1) is 11.8. The molecule has 0 saturated heterocycles. The van der Waals surface area contributed by atoms with Gasteiger partial charge in [0.2, 0.25) is 0 Å². The third-order valence-electron chi connectivity index (χ3n) is 4.50. The Hall–Kier alpha value is -2.44. The standard InChI is InChI=1S/C18H23N3O4/c1-8(2)14-13-11(16(22)20-15(9(3)4)18(23)24)7-12(10-5-6-10)19-17(13)25-21-14/h7-10,15H,5-6H2,1-4H3,(H,20,22)(H,23,24)/t15-/m0/s1. The number of rotatable bonds is 6. The van der Waals surface area contributed by atoms with Crippen molar-refractivity contribution in [3.05, 3.63) is 23.0 Å². The van der Waals surface area contributed by atoms with Gasteiger partial charge in [0.1, 0.15) is 6.04 Å². The zero-order chi connectivity index (χ0) is 18.3. The minimum atomic E-state index is -1.05. The van der Waals surface area contributed by atoms with Gasteiger partial charge in [-0.25, -0.2) is 9.78 Å². The summed E-state index contributed by atoms with van der Waals surface area (Å²) in [4.78, 5) is 28.8. The largest absolute Gasteiger partial charge is 0.480 e. The summed E-state index contributed by atoms with van der Waals surface area (Å²) in [7, 11) is 0. The Balaban J connectivity index is 2.07. The minimum Gasteiger partial charge on any atom is -0.480 e. The number of pyridine rings is 1. The van der Waals surface area contributed by atoms with E-state index in [4.69, 9.17) is 4.52 Å². The highest BCUT2D eigenvalue weighted by atomic mass is 16.5. The summed E-state index contributed by atoms with van der Waals surface area (Å²) in [5, 5.41) is 16.6. The summed E-state index contributed by atoms with van der Waals surface area (Å²) in [6.07, 6.45) is 2.07. The third-order valence-corrected chi connectivity index (χ3v) is 4.50. The van der Waals surface area contributed by atoms with E-state index in [0.717, 1.165) is 18.5 Å². The molecule has 1 saturated carbocycles. The number of carbonyl (C=O) groups is 2. The molecule has 0 bridgehead atoms. The number of carboxylic acid groups (broad SMARTS) is 1. The molecule has 1 fully saturated rings. The predicted octanol–water partition coefficient (Wildman–Crippen LogP) is 3.06. The number of nitrogens with zero attached hydrogens (tertiary/aromatic N) is 2. The van der Waals surface area contributed by atoms with Gasteiger partial charge in [0.15, 0.2) is 0 Å². The van der Waals surface area contributed by atoms with E-state index >= 15 is 0 Å². The van der Waals surface area contributed by atoms with E-state index in [0.29, 0.717) is 28.3 Å². The molecule has 2 N–H and O–H groups in total. The molecule has 25 heavy (non-hydrogen) atoms. The molecule has 2 aromatic heterocycles. The molecule has 134 valence electrons. The lowest BCUT2D eigenvalue weighted by molar-refractivity contribution is -0.140. The van der Waals surface area contributed by atoms with Crippen LogP contribution in [-0.2, 0) is 4.79 Å². The summed E-state index contributed by atoms with van der Waals surface area (Å²) >= 11 is 0. The summed E-state index contributed by atoms with van der Waals surface area (Å²) in [5.74, 6) is -1.31. The molecule has 0 aliphatic heterocycles. The van der Waals surface area contributed by atoms with Crippen molar-refractivity contribution in [1.82, 2.24) is 15.5 Å². The van der Waals surface area contributed by atoms with Crippen LogP contribution in [0.1, 0.15) is 74.1 Å². The van der Waals surface area contributed by atoms with Crippen LogP contribution in [0.4, 0.5) is 0 Å². The number of amides is 1. The molecular formula is C18H23N3O4. The van der Waals surface area contributed by atoms with E-state index in [1.165, 1.54) is 0 Å². The van der Waals surface area contributed by atoms with Crippen molar-refractivity contribution in [2.75, 3.05) is 0 Å². The van der Waals surface area contributed by atoms with Gasteiger partial charge in [0, 0.05) is 11.6 Å². The Kier molecular flexibility index (Phi) is 4.49. The van der Waals surface area contributed by atoms with Crippen LogP contribution in [-0.4, -0.2) is 33.2 Å². The quantitative estimate of drug-likeness (QED) is 0.833. The molecule has 7 heteroatoms. The van der Waals surface area contributed by atoms with Crippen molar-refractivity contribution in [3.63, 3.8) is 0 Å². The summed E-state index contributed by atoms with van der Waals surface area (Å²) in [6.45, 7) is 7.44. The van der Waals surface area contributed by atoms with Gasteiger partial charge in [-0.05, 0) is 30.7 Å². The van der Waals surface area contributed by atoms with Crippen molar-refractivity contribution >= 4 is 23.0 Å². The first-order valence-electron chi connectivity index (χ1n) is 8.63. The van der Waals surface area contributed by atoms with Crippen molar-refractivity contribution in [1.29, 1.82) is 0 Å². The maximum atomic E-state index is 12.9. The lowest BCUT2D eigenvalue weighted by atomic mass is 10.00. The van der Waals surface area contributed by atoms with Crippen LogP contribution in [0.2, 0.25) is 0 Å². The monoisotopic (exact) mass is 345 g/mol. The van der Waals surface area contributed by atoms with Crippen LogP contribution in [0.25, 0.3) is 11.1 Å². The molecule has 1 atom stereocenters. The number of aromatic nitrogens is 2. The van der Waals surface area contributed by atoms with E-state index in [1.54, 1.807) is 19.9 Å². The fraction of sp³-hybridized carbons (Fsp3) is 0.556. The van der Waals surface area contributed by atoms with Gasteiger partial charge in [-0.15, -0.1) is 0 Å². The minimum absolute atomic E-state index is 0.0572. The van der Waals surface area contributed by atoms with Crippen LogP contribution in [0.5, 0.6) is 0 Å². The molecular weight excluding hydrogens is 322 g/mol. The summed E-state index contributed by atoms with van der Waals surface area (Å²) in [6, 6.07) is 0.805. The highest BCUT2D eigenvalue weighted by Gasteiger charge is 2.31. The van der Waals surface area contributed by atoms with Crippen LogP contribution in [0, 0.1) is 5.92 Å². The molecule has 1 amide bonds. The highest BCUT2D eigenvalue weighted by molar-refractivity contribution is 6.07. The van der Waals surface area contributed by atoms with E-state index < -0.39 is 17.9 Å². The second kappa shape index (κ2) is 6.46. The van der Waals surface area contributed by atoms with Crippen LogP contribution in [0.3, 0.4) is 0 Å². The Morgan fingerprint density at radius 2 is 1.96 bits per heavy atom. The summed E-state index contributed by atoms with van der Waals surface area (Å²) < 4.78 is 5.36. The molecule has 2 aromatic rings. The van der Waals surface area contributed by atoms with Gasteiger partial charge < -0.3 is 14.9 Å². The van der Waals surface area contributed by atoms with Crippen molar-refractivity contribution in [3.8, 4) is 0 Å². The Bertz CT molecular complexity index is 821. The SMILES string of the molecule is CC(C)c1noc2nc(C3CC3)cc(C(=O)N[C@H](C(=O)O)C(C)C)c12. The topological polar surface area (TPSA) is 105 Å². The highest BCUT2D eigenvalue weighted by Crippen LogP contribution is 2.41. The molecule has 1 aliphatic carbocycles. The predicted molar refractivity (Wildman–Crippen MR) is 91.6 cm³/mol. The average Bonchev–Trinajstić information content (AvgIpc) is 3.29. The Morgan fingerprint density at radius 1 is 1.28 bits per heavy atom. The van der Waals surface area contributed by atoms with Gasteiger partial charge >= 0.3 is 5.97 Å². The van der Waals surface area contributed by atoms with Gasteiger partial charge in [-0.1, -0.05) is 32.9 Å². The number of carbonyl (C=O) groups excluding carboxylic acids is 1. The maximum Gasteiger partial charge on any atom is 0.326 e. The number of aliphatic carboxylic acids is 1. The molecule has 0 aromatic carbocycles. The van der Waals surface area contributed by atoms with Gasteiger partial charge in [-0.2, -0.15) is 0 Å². The van der Waals surface area contributed by atoms with Gasteiger partial charge in [-0.3, -0.25) is 4.79 Å². The molecule has 7 nitrogen and oxygen atoms in total. The summed E-state index contributed by atoms with van der Waals surface area (Å²) in [5.41, 5.74) is 2.20. The maximum absolute atomic E-state index is 12.9. The fourth-order valence-electron chi connectivity index (χ4n) is 2.89. The van der Waals surface area contributed by atoms with E-state index in [9.17, 15) is 14.7 Å². The number of fused-ring (bicyclic) bond motifs is 1. The normalized spacial score (nSPS) is 15.8. The van der Waals surface area contributed by atoms with Crippen molar-refractivity contribution < 1.29 is 19.2 Å². The van der Waals surface area contributed by atoms with E-state index in [2.05, 4.69) is 15.5 Å². The van der Waals surface area contributed by atoms with Crippen molar-refractivity contribution in [2.24, 2.45) is 5.92 Å². The lowest BCUT2D eigenvalue weighted by Gasteiger charge is -2.18. The molecule has 0 radical (unpaired) electrons. The molecule has 3 rings (SSSR count). The van der Waals surface area contributed by atoms with E-state index in [1.807, 2.05) is 13.8 Å². The Labute approximate surface area is 145 Å². The first kappa shape index (κ1) is 17.4. The molecule has 0 unspecified atom stereocenters. The smallest absolute Gasteiger partial charge is 0.326 e. The van der Waals surface area contributed by atoms with Crippen LogP contribution >= 0.6 is 0 Å². The third kappa shape index (κ3) is 3.36. The second-order valence-electron chi connectivity index (χ2n) is 7.31. The number of hydrogen-bond donors (Lipinski definition) is 2. The molecule has 2 heterocycles. The average molecular weight is 345 g/mol. The second-order valence-corrected chi connectivity index (χ2v) is 7.31. The van der Waals surface area contributed by atoms with Gasteiger partial charge in [0.25, 0.3) is 11.6 Å². The number of nitrogens with one attached hydrogen (secondary N) is 1. The van der Waals surface area contributed by atoms with Gasteiger partial charge in [0.05, 0.1) is 16.6 Å². The Morgan fingerprint density at radius 3 is 2.48 bits per heavy atom. The van der Waals surface area contributed by atoms with Crippen LogP contribution < -0.4 is 5.32 Å².